The molecule has 46 heavy (non-hydrogen) atoms. The van der Waals surface area contributed by atoms with Gasteiger partial charge in [-0.15, -0.1) is 0 Å². The van der Waals surface area contributed by atoms with Gasteiger partial charge in [0.2, 0.25) is 11.8 Å². The molecule has 1 unspecified atom stereocenters. The van der Waals surface area contributed by atoms with Gasteiger partial charge in [-0.1, -0.05) is 96.4 Å². The summed E-state index contributed by atoms with van der Waals surface area (Å²) in [5.74, 6) is -0.662. The van der Waals surface area contributed by atoms with E-state index in [4.69, 9.17) is 16.3 Å². The number of benzene rings is 4. The Morgan fingerprint density at radius 1 is 0.870 bits per heavy atom. The number of nitrogens with zero attached hydrogens (tertiary/aromatic N) is 2. The highest BCUT2D eigenvalue weighted by Crippen LogP contribution is 2.35. The van der Waals surface area contributed by atoms with E-state index in [1.54, 1.807) is 24.3 Å². The van der Waals surface area contributed by atoms with E-state index in [-0.39, 0.29) is 40.2 Å². The summed E-state index contributed by atoms with van der Waals surface area (Å²) in [5, 5.41) is 3.22. The van der Waals surface area contributed by atoms with Gasteiger partial charge in [0.05, 0.1) is 17.7 Å². The van der Waals surface area contributed by atoms with Crippen LogP contribution in [-0.4, -0.2) is 51.4 Å². The van der Waals surface area contributed by atoms with E-state index in [2.05, 4.69) is 5.32 Å². The lowest BCUT2D eigenvalue weighted by Gasteiger charge is -2.34. The van der Waals surface area contributed by atoms with Crippen LogP contribution in [0.5, 0.6) is 5.75 Å². The van der Waals surface area contributed by atoms with Crippen molar-refractivity contribution in [3.63, 3.8) is 0 Å². The van der Waals surface area contributed by atoms with Crippen LogP contribution in [0.25, 0.3) is 0 Å². The van der Waals surface area contributed by atoms with E-state index in [9.17, 15) is 18.0 Å². The molecule has 0 radical (unpaired) electrons. The standard InChI is InChI=1S/C36H40ClN3O5S/c1-5-21-38-36(42)33(22-28-9-7-6-8-10-28)39(24-29-15-11-26(2)12-16-29)35(41)25-40(32-23-30(37)17-20-34(32)45-4)46(43,44)31-18-13-27(3)14-19-31/h6-20,23,33H,5,21-22,24-25H2,1-4H3,(H,38,42). The molecular weight excluding hydrogens is 622 g/mol. The Labute approximate surface area is 277 Å². The van der Waals surface area contributed by atoms with E-state index in [1.165, 1.54) is 30.2 Å². The normalized spacial score (nSPS) is 11.8. The monoisotopic (exact) mass is 661 g/mol. The average molecular weight is 662 g/mol. The van der Waals surface area contributed by atoms with Gasteiger partial charge in [0, 0.05) is 24.5 Å². The van der Waals surface area contributed by atoms with Gasteiger partial charge in [0.1, 0.15) is 18.3 Å². The van der Waals surface area contributed by atoms with Crippen LogP contribution in [0, 0.1) is 13.8 Å². The number of hydrogen-bond acceptors (Lipinski definition) is 5. The van der Waals surface area contributed by atoms with Gasteiger partial charge in [0.25, 0.3) is 10.0 Å². The topological polar surface area (TPSA) is 96.0 Å². The molecule has 0 aromatic heterocycles. The molecule has 0 aliphatic heterocycles. The van der Waals surface area contributed by atoms with Gasteiger partial charge < -0.3 is 15.0 Å². The van der Waals surface area contributed by atoms with Crippen molar-refractivity contribution in [1.29, 1.82) is 0 Å². The lowest BCUT2D eigenvalue weighted by Crippen LogP contribution is -2.53. The number of ether oxygens (including phenoxy) is 1. The minimum absolute atomic E-state index is 0.000428. The number of carbonyl (C=O) groups excluding carboxylic acids is 2. The summed E-state index contributed by atoms with van der Waals surface area (Å²) in [4.78, 5) is 29.8. The first-order valence-corrected chi connectivity index (χ1v) is 16.9. The molecule has 0 saturated carbocycles. The zero-order chi connectivity index (χ0) is 33.3. The predicted octanol–water partition coefficient (Wildman–Crippen LogP) is 6.33. The van der Waals surface area contributed by atoms with E-state index in [0.717, 1.165) is 26.6 Å². The van der Waals surface area contributed by atoms with Crippen LogP contribution < -0.4 is 14.4 Å². The molecule has 2 amide bonds. The highest BCUT2D eigenvalue weighted by Gasteiger charge is 2.35. The number of amides is 2. The maximum atomic E-state index is 14.6. The van der Waals surface area contributed by atoms with Crippen molar-refractivity contribution in [2.45, 2.75) is 51.1 Å². The Morgan fingerprint density at radius 2 is 1.50 bits per heavy atom. The summed E-state index contributed by atoms with van der Waals surface area (Å²) in [6, 6.07) is 27.2. The summed E-state index contributed by atoms with van der Waals surface area (Å²) in [6.07, 6.45) is 0.950. The molecule has 0 saturated heterocycles. The first kappa shape index (κ1) is 34.5. The third-order valence-electron chi connectivity index (χ3n) is 7.59. The molecule has 0 bridgehead atoms. The van der Waals surface area contributed by atoms with E-state index >= 15 is 0 Å². The number of nitrogens with one attached hydrogen (secondary N) is 1. The number of methoxy groups -OCH3 is 1. The molecule has 4 rings (SSSR count). The minimum Gasteiger partial charge on any atom is -0.495 e. The van der Waals surface area contributed by atoms with E-state index < -0.39 is 28.5 Å². The highest BCUT2D eigenvalue weighted by molar-refractivity contribution is 7.92. The second kappa shape index (κ2) is 15.8. The van der Waals surface area contributed by atoms with E-state index in [0.29, 0.717) is 13.0 Å². The number of halogens is 1. The fourth-order valence-electron chi connectivity index (χ4n) is 5.02. The van der Waals surface area contributed by atoms with Crippen molar-refractivity contribution in [2.24, 2.45) is 0 Å². The molecule has 0 heterocycles. The number of hydrogen-bond donors (Lipinski definition) is 1. The van der Waals surface area contributed by atoms with Crippen LogP contribution in [0.3, 0.4) is 0 Å². The van der Waals surface area contributed by atoms with Crippen LogP contribution in [0.1, 0.15) is 35.6 Å². The second-order valence-corrected chi connectivity index (χ2v) is 13.4. The number of rotatable bonds is 14. The Bertz CT molecular complexity index is 1730. The van der Waals surface area contributed by atoms with Crippen molar-refractivity contribution in [3.8, 4) is 5.75 Å². The molecule has 4 aromatic carbocycles. The van der Waals surface area contributed by atoms with Crippen LogP contribution in [0.2, 0.25) is 5.02 Å². The Hall–Kier alpha value is -4.34. The Kier molecular flexibility index (Phi) is 11.8. The third-order valence-corrected chi connectivity index (χ3v) is 9.60. The summed E-state index contributed by atoms with van der Waals surface area (Å²) in [7, 11) is -2.88. The highest BCUT2D eigenvalue weighted by atomic mass is 35.5. The van der Waals surface area contributed by atoms with Gasteiger partial charge in [-0.2, -0.15) is 0 Å². The summed E-state index contributed by atoms with van der Waals surface area (Å²) < 4.78 is 35.1. The summed E-state index contributed by atoms with van der Waals surface area (Å²) in [5.41, 5.74) is 3.70. The maximum absolute atomic E-state index is 14.6. The SMILES string of the molecule is CCCNC(=O)C(Cc1ccccc1)N(Cc1ccc(C)cc1)C(=O)CN(c1cc(Cl)ccc1OC)S(=O)(=O)c1ccc(C)cc1. The van der Waals surface area contributed by atoms with Crippen molar-refractivity contribution >= 4 is 39.1 Å². The first-order chi connectivity index (χ1) is 22.0. The quantitative estimate of drug-likeness (QED) is 0.171. The number of carbonyl (C=O) groups is 2. The van der Waals surface area contributed by atoms with Gasteiger partial charge in [-0.05, 0) is 61.7 Å². The largest absolute Gasteiger partial charge is 0.495 e. The Balaban J connectivity index is 1.84. The van der Waals surface area contributed by atoms with E-state index in [1.807, 2.05) is 75.4 Å². The summed E-state index contributed by atoms with van der Waals surface area (Å²) >= 11 is 6.36. The van der Waals surface area contributed by atoms with Crippen molar-refractivity contribution in [2.75, 3.05) is 24.5 Å². The Morgan fingerprint density at radius 3 is 2.11 bits per heavy atom. The van der Waals surface area contributed by atoms with Gasteiger partial charge in [-0.25, -0.2) is 8.42 Å². The zero-order valence-electron chi connectivity index (χ0n) is 26.6. The first-order valence-electron chi connectivity index (χ1n) is 15.1. The second-order valence-electron chi connectivity index (χ2n) is 11.1. The molecule has 0 aliphatic carbocycles. The number of anilines is 1. The lowest BCUT2D eigenvalue weighted by molar-refractivity contribution is -0.140. The smallest absolute Gasteiger partial charge is 0.264 e. The molecule has 0 spiro atoms. The maximum Gasteiger partial charge on any atom is 0.264 e. The van der Waals surface area contributed by atoms with Crippen molar-refractivity contribution < 1.29 is 22.7 Å². The molecular formula is C36H40ClN3O5S. The lowest BCUT2D eigenvalue weighted by atomic mass is 10.0. The molecule has 0 aliphatic rings. The van der Waals surface area contributed by atoms with Crippen molar-refractivity contribution in [3.05, 3.63) is 124 Å². The average Bonchev–Trinajstić information content (AvgIpc) is 3.05. The molecule has 242 valence electrons. The van der Waals surface area contributed by atoms with Gasteiger partial charge in [0.15, 0.2) is 0 Å². The predicted molar refractivity (Wildman–Crippen MR) is 183 cm³/mol. The zero-order valence-corrected chi connectivity index (χ0v) is 28.1. The summed E-state index contributed by atoms with van der Waals surface area (Å²) in [6.45, 7) is 5.69. The van der Waals surface area contributed by atoms with Crippen LogP contribution in [0.4, 0.5) is 5.69 Å². The van der Waals surface area contributed by atoms with Gasteiger partial charge >= 0.3 is 0 Å². The molecule has 4 aromatic rings. The van der Waals surface area contributed by atoms with Gasteiger partial charge in [-0.3, -0.25) is 13.9 Å². The van der Waals surface area contributed by atoms with Crippen molar-refractivity contribution in [1.82, 2.24) is 10.2 Å². The third kappa shape index (κ3) is 8.68. The van der Waals surface area contributed by atoms with Crippen LogP contribution in [0.15, 0.2) is 102 Å². The number of aryl methyl sites for hydroxylation is 2. The number of sulfonamides is 1. The fourth-order valence-corrected chi connectivity index (χ4v) is 6.60. The fraction of sp³-hybridized carbons (Fsp3) is 0.278. The van der Waals surface area contributed by atoms with Crippen LogP contribution >= 0.6 is 11.6 Å². The molecule has 0 fully saturated rings. The molecule has 1 atom stereocenters. The molecule has 8 nitrogen and oxygen atoms in total. The van der Waals surface area contributed by atoms with Crippen LogP contribution in [-0.2, 0) is 32.6 Å². The minimum atomic E-state index is -4.30. The molecule has 10 heteroatoms. The molecule has 1 N–H and O–H groups in total.